The van der Waals surface area contributed by atoms with E-state index < -0.39 is 10.0 Å². The molecule has 0 atom stereocenters. The summed E-state index contributed by atoms with van der Waals surface area (Å²) in [6.45, 7) is 5.38. The SMILES string of the molecule is COc1cc(C)c(S(=O)(=O)Nc2cc(-c3cccs3)[nH]n2)c(C)c1C. The van der Waals surface area contributed by atoms with Crippen LogP contribution < -0.4 is 9.46 Å². The third-order valence-electron chi connectivity index (χ3n) is 4.07. The van der Waals surface area contributed by atoms with E-state index in [4.69, 9.17) is 4.74 Å². The molecule has 2 N–H and O–H groups in total. The molecule has 0 radical (unpaired) electrons. The van der Waals surface area contributed by atoms with Gasteiger partial charge < -0.3 is 4.74 Å². The molecule has 25 heavy (non-hydrogen) atoms. The lowest BCUT2D eigenvalue weighted by atomic mass is 10.1. The summed E-state index contributed by atoms with van der Waals surface area (Å²) in [7, 11) is -2.19. The summed E-state index contributed by atoms with van der Waals surface area (Å²) in [5, 5.41) is 8.87. The van der Waals surface area contributed by atoms with Crippen molar-refractivity contribution >= 4 is 27.2 Å². The van der Waals surface area contributed by atoms with Crippen molar-refractivity contribution in [2.75, 3.05) is 11.8 Å². The molecular weight excluding hydrogens is 358 g/mol. The summed E-state index contributed by atoms with van der Waals surface area (Å²) >= 11 is 1.55. The second-order valence-corrected chi connectivity index (χ2v) is 8.29. The number of aromatic nitrogens is 2. The lowest BCUT2D eigenvalue weighted by molar-refractivity contribution is 0.410. The van der Waals surface area contributed by atoms with E-state index in [-0.39, 0.29) is 10.7 Å². The molecule has 0 saturated carbocycles. The normalized spacial score (nSPS) is 11.5. The van der Waals surface area contributed by atoms with Gasteiger partial charge in [-0.05, 0) is 55.0 Å². The van der Waals surface area contributed by atoms with Crippen LogP contribution in [0.2, 0.25) is 0 Å². The second-order valence-electron chi connectivity index (χ2n) is 5.72. The van der Waals surface area contributed by atoms with Crippen LogP contribution in [0.3, 0.4) is 0 Å². The Morgan fingerprint density at radius 1 is 1.20 bits per heavy atom. The van der Waals surface area contributed by atoms with E-state index in [2.05, 4.69) is 14.9 Å². The van der Waals surface area contributed by atoms with Crippen LogP contribution in [0.4, 0.5) is 5.82 Å². The number of methoxy groups -OCH3 is 1. The number of sulfonamides is 1. The van der Waals surface area contributed by atoms with E-state index in [1.165, 1.54) is 0 Å². The fraction of sp³-hybridized carbons (Fsp3) is 0.235. The molecule has 3 rings (SSSR count). The minimum atomic E-state index is -3.76. The number of aromatic amines is 1. The third-order valence-corrected chi connectivity index (χ3v) is 6.62. The summed E-state index contributed by atoms with van der Waals surface area (Å²) in [4.78, 5) is 1.25. The van der Waals surface area contributed by atoms with Crippen LogP contribution in [0, 0.1) is 20.8 Å². The number of nitrogens with zero attached hydrogens (tertiary/aromatic N) is 1. The first-order chi connectivity index (χ1) is 11.8. The number of benzene rings is 1. The van der Waals surface area contributed by atoms with Gasteiger partial charge in [-0.2, -0.15) is 5.10 Å². The average Bonchev–Trinajstić information content (AvgIpc) is 3.21. The van der Waals surface area contributed by atoms with Crippen LogP contribution >= 0.6 is 11.3 Å². The van der Waals surface area contributed by atoms with Gasteiger partial charge in [0, 0.05) is 6.07 Å². The Bertz CT molecular complexity index is 1010. The largest absolute Gasteiger partial charge is 0.496 e. The topological polar surface area (TPSA) is 84.1 Å². The van der Waals surface area contributed by atoms with Crippen molar-refractivity contribution in [1.29, 1.82) is 0 Å². The van der Waals surface area contributed by atoms with Gasteiger partial charge >= 0.3 is 0 Å². The summed E-state index contributed by atoms with van der Waals surface area (Å²) in [5.41, 5.74) is 2.86. The smallest absolute Gasteiger partial charge is 0.263 e. The van der Waals surface area contributed by atoms with E-state index in [0.29, 0.717) is 16.9 Å². The van der Waals surface area contributed by atoms with Gasteiger partial charge in [-0.1, -0.05) is 6.07 Å². The molecule has 6 nitrogen and oxygen atoms in total. The molecule has 2 aromatic heterocycles. The van der Waals surface area contributed by atoms with Crippen LogP contribution in [0.5, 0.6) is 5.75 Å². The van der Waals surface area contributed by atoms with Gasteiger partial charge in [0.15, 0.2) is 5.82 Å². The van der Waals surface area contributed by atoms with Gasteiger partial charge in [-0.15, -0.1) is 11.3 Å². The van der Waals surface area contributed by atoms with Gasteiger partial charge in [0.1, 0.15) is 5.75 Å². The Hall–Kier alpha value is -2.32. The highest BCUT2D eigenvalue weighted by Crippen LogP contribution is 2.32. The van der Waals surface area contributed by atoms with Crippen molar-refractivity contribution in [2.45, 2.75) is 25.7 Å². The molecule has 0 aliphatic rings. The number of anilines is 1. The molecule has 0 amide bonds. The van der Waals surface area contributed by atoms with Crippen molar-refractivity contribution in [1.82, 2.24) is 10.2 Å². The number of thiophene rings is 1. The van der Waals surface area contributed by atoms with Crippen molar-refractivity contribution in [3.8, 4) is 16.3 Å². The fourth-order valence-corrected chi connectivity index (χ4v) is 4.98. The van der Waals surface area contributed by atoms with Gasteiger partial charge in [0.2, 0.25) is 0 Å². The molecule has 0 spiro atoms. The molecule has 0 saturated heterocycles. The van der Waals surface area contributed by atoms with Crippen molar-refractivity contribution in [3.05, 3.63) is 46.3 Å². The molecule has 0 aliphatic carbocycles. The molecule has 0 bridgehead atoms. The highest BCUT2D eigenvalue weighted by atomic mass is 32.2. The second kappa shape index (κ2) is 6.53. The number of hydrogen-bond donors (Lipinski definition) is 2. The first kappa shape index (κ1) is 17.5. The van der Waals surface area contributed by atoms with E-state index in [0.717, 1.165) is 16.1 Å². The number of rotatable bonds is 5. The molecule has 2 heterocycles. The predicted molar refractivity (Wildman–Crippen MR) is 99.9 cm³/mol. The maximum atomic E-state index is 12.9. The monoisotopic (exact) mass is 377 g/mol. The lowest BCUT2D eigenvalue weighted by Gasteiger charge is -2.16. The standard InChI is InChI=1S/C17H19N3O3S2/c1-10-8-14(23-4)11(2)12(3)17(10)25(21,22)20-16-9-13(18-19-16)15-6-5-7-24-15/h5-9H,1-4H3,(H2,18,19,20). The Labute approximate surface area is 150 Å². The number of ether oxygens (including phenoxy) is 1. The zero-order valence-electron chi connectivity index (χ0n) is 14.4. The Morgan fingerprint density at radius 3 is 2.60 bits per heavy atom. The van der Waals surface area contributed by atoms with Crippen molar-refractivity contribution < 1.29 is 13.2 Å². The van der Waals surface area contributed by atoms with Gasteiger partial charge in [0.25, 0.3) is 10.0 Å². The Morgan fingerprint density at radius 2 is 1.96 bits per heavy atom. The first-order valence-electron chi connectivity index (χ1n) is 7.60. The summed E-state index contributed by atoms with van der Waals surface area (Å²) in [6.07, 6.45) is 0. The maximum Gasteiger partial charge on any atom is 0.263 e. The van der Waals surface area contributed by atoms with E-state index in [1.54, 1.807) is 44.4 Å². The molecule has 8 heteroatoms. The average molecular weight is 377 g/mol. The van der Waals surface area contributed by atoms with Crippen molar-refractivity contribution in [2.24, 2.45) is 0 Å². The number of nitrogens with one attached hydrogen (secondary N) is 2. The van der Waals surface area contributed by atoms with Crippen LogP contribution in [-0.2, 0) is 10.0 Å². The summed E-state index contributed by atoms with van der Waals surface area (Å²) in [6, 6.07) is 7.29. The van der Waals surface area contributed by atoms with Crippen LogP contribution in [0.1, 0.15) is 16.7 Å². The number of H-pyrrole nitrogens is 1. The quantitative estimate of drug-likeness (QED) is 0.707. The third kappa shape index (κ3) is 3.27. The zero-order chi connectivity index (χ0) is 18.2. The number of hydrogen-bond acceptors (Lipinski definition) is 5. The Kier molecular flexibility index (Phi) is 4.57. The first-order valence-corrected chi connectivity index (χ1v) is 9.96. The molecule has 0 aliphatic heterocycles. The van der Waals surface area contributed by atoms with E-state index >= 15 is 0 Å². The molecule has 132 valence electrons. The van der Waals surface area contributed by atoms with Crippen LogP contribution in [-0.4, -0.2) is 25.7 Å². The van der Waals surface area contributed by atoms with Gasteiger partial charge in [-0.3, -0.25) is 9.82 Å². The number of aryl methyl sites for hydroxylation is 1. The van der Waals surface area contributed by atoms with Gasteiger partial charge in [0.05, 0.1) is 22.6 Å². The van der Waals surface area contributed by atoms with Crippen molar-refractivity contribution in [3.63, 3.8) is 0 Å². The van der Waals surface area contributed by atoms with Gasteiger partial charge in [-0.25, -0.2) is 8.42 Å². The molecule has 0 fully saturated rings. The minimum Gasteiger partial charge on any atom is -0.496 e. The maximum absolute atomic E-state index is 12.9. The summed E-state index contributed by atoms with van der Waals surface area (Å²) < 4.78 is 33.6. The molecular formula is C17H19N3O3S2. The minimum absolute atomic E-state index is 0.256. The molecule has 0 unspecified atom stereocenters. The highest BCUT2D eigenvalue weighted by molar-refractivity contribution is 7.92. The Balaban J connectivity index is 1.97. The zero-order valence-corrected chi connectivity index (χ0v) is 16.0. The van der Waals surface area contributed by atoms with E-state index in [9.17, 15) is 8.42 Å². The predicted octanol–water partition coefficient (Wildman–Crippen LogP) is 3.87. The highest BCUT2D eigenvalue weighted by Gasteiger charge is 2.23. The van der Waals surface area contributed by atoms with Crippen LogP contribution in [0.15, 0.2) is 34.5 Å². The van der Waals surface area contributed by atoms with E-state index in [1.807, 2.05) is 24.4 Å². The molecule has 3 aromatic rings. The molecule has 1 aromatic carbocycles. The fourth-order valence-electron chi connectivity index (χ4n) is 2.77. The van der Waals surface area contributed by atoms with Crippen LogP contribution in [0.25, 0.3) is 10.6 Å². The lowest BCUT2D eigenvalue weighted by Crippen LogP contribution is -2.17. The summed E-state index contributed by atoms with van der Waals surface area (Å²) in [5.74, 6) is 0.935.